The second-order valence-corrected chi connectivity index (χ2v) is 7.04. The van der Waals surface area contributed by atoms with Crippen molar-refractivity contribution in [2.24, 2.45) is 4.99 Å². The average Bonchev–Trinajstić information content (AvgIpc) is 3.17. The normalized spacial score (nSPS) is 14.6. The molecule has 0 atom stereocenters. The predicted molar refractivity (Wildman–Crippen MR) is 109 cm³/mol. The lowest BCUT2D eigenvalue weighted by Crippen LogP contribution is -2.38. The molecule has 1 fully saturated rings. The van der Waals surface area contributed by atoms with Gasteiger partial charge in [0.15, 0.2) is 5.96 Å². The second kappa shape index (κ2) is 8.90. The van der Waals surface area contributed by atoms with Crippen LogP contribution in [0, 0.1) is 0 Å². The van der Waals surface area contributed by atoms with E-state index < -0.39 is 0 Å². The summed E-state index contributed by atoms with van der Waals surface area (Å²) in [4.78, 5) is 13.4. The van der Waals surface area contributed by atoms with Crippen molar-refractivity contribution < 1.29 is 0 Å². The van der Waals surface area contributed by atoms with Crippen LogP contribution in [0.15, 0.2) is 47.6 Å². The molecule has 138 valence electrons. The van der Waals surface area contributed by atoms with Crippen LogP contribution in [0.1, 0.15) is 24.0 Å². The number of aliphatic imine (C=N–C) groups is 1. The molecule has 0 bridgehead atoms. The zero-order valence-corrected chi connectivity index (χ0v) is 16.2. The number of anilines is 1. The van der Waals surface area contributed by atoms with Gasteiger partial charge in [-0.05, 0) is 42.2 Å². The van der Waals surface area contributed by atoms with E-state index in [4.69, 9.17) is 11.6 Å². The fourth-order valence-corrected chi connectivity index (χ4v) is 3.42. The summed E-state index contributed by atoms with van der Waals surface area (Å²) in [6.45, 7) is 3.67. The van der Waals surface area contributed by atoms with Crippen molar-refractivity contribution in [2.75, 3.05) is 32.1 Å². The molecule has 1 aromatic carbocycles. The van der Waals surface area contributed by atoms with E-state index in [1.54, 1.807) is 7.05 Å². The van der Waals surface area contributed by atoms with Crippen molar-refractivity contribution in [1.82, 2.24) is 15.2 Å². The Bertz CT molecular complexity index is 738. The Morgan fingerprint density at radius 2 is 2.04 bits per heavy atom. The van der Waals surface area contributed by atoms with Crippen LogP contribution < -0.4 is 10.2 Å². The van der Waals surface area contributed by atoms with E-state index in [-0.39, 0.29) is 0 Å². The van der Waals surface area contributed by atoms with Gasteiger partial charge in [0.25, 0.3) is 0 Å². The minimum Gasteiger partial charge on any atom is -0.357 e. The summed E-state index contributed by atoms with van der Waals surface area (Å²) in [7, 11) is 3.82. The third kappa shape index (κ3) is 4.88. The zero-order valence-electron chi connectivity index (χ0n) is 15.5. The predicted octanol–water partition coefficient (Wildman–Crippen LogP) is 3.54. The molecule has 1 aliphatic heterocycles. The Balaban J connectivity index is 1.54. The van der Waals surface area contributed by atoms with Crippen LogP contribution in [0.5, 0.6) is 0 Å². The smallest absolute Gasteiger partial charge is 0.193 e. The molecular formula is C20H26ClN5. The van der Waals surface area contributed by atoms with Crippen molar-refractivity contribution in [3.05, 3.63) is 58.7 Å². The van der Waals surface area contributed by atoms with Crippen LogP contribution in [0.25, 0.3) is 0 Å². The van der Waals surface area contributed by atoms with E-state index in [1.807, 2.05) is 31.4 Å². The highest BCUT2D eigenvalue weighted by molar-refractivity contribution is 6.30. The quantitative estimate of drug-likeness (QED) is 0.645. The number of aromatic nitrogens is 1. The average molecular weight is 372 g/mol. The number of pyridine rings is 1. The molecule has 1 N–H and O–H groups in total. The van der Waals surface area contributed by atoms with Crippen LogP contribution in [-0.4, -0.2) is 43.0 Å². The highest BCUT2D eigenvalue weighted by Gasteiger charge is 2.13. The van der Waals surface area contributed by atoms with E-state index in [0.29, 0.717) is 6.54 Å². The fraction of sp³-hybridized carbons (Fsp3) is 0.400. The van der Waals surface area contributed by atoms with Crippen LogP contribution in [-0.2, 0) is 13.1 Å². The molecule has 0 radical (unpaired) electrons. The first-order chi connectivity index (χ1) is 12.7. The number of rotatable bonds is 5. The van der Waals surface area contributed by atoms with Gasteiger partial charge in [-0.3, -0.25) is 4.99 Å². The molecule has 6 heteroatoms. The number of halogens is 1. The molecule has 1 aliphatic rings. The van der Waals surface area contributed by atoms with Crippen molar-refractivity contribution in [3.8, 4) is 0 Å². The molecule has 0 spiro atoms. The van der Waals surface area contributed by atoms with Gasteiger partial charge in [0, 0.05) is 51.5 Å². The third-order valence-electron chi connectivity index (χ3n) is 4.57. The van der Waals surface area contributed by atoms with Gasteiger partial charge in [-0.25, -0.2) is 4.98 Å². The summed E-state index contributed by atoms with van der Waals surface area (Å²) in [5, 5.41) is 4.15. The number of benzene rings is 1. The molecule has 3 rings (SSSR count). The van der Waals surface area contributed by atoms with E-state index in [9.17, 15) is 0 Å². The lowest BCUT2D eigenvalue weighted by Gasteiger charge is -2.22. The van der Waals surface area contributed by atoms with Crippen LogP contribution in [0.2, 0.25) is 5.02 Å². The van der Waals surface area contributed by atoms with E-state index in [0.717, 1.165) is 47.6 Å². The molecule has 26 heavy (non-hydrogen) atoms. The Kier molecular flexibility index (Phi) is 6.34. The van der Waals surface area contributed by atoms with Crippen LogP contribution in [0.4, 0.5) is 5.82 Å². The maximum absolute atomic E-state index is 6.07. The largest absolute Gasteiger partial charge is 0.357 e. The molecule has 0 amide bonds. The molecule has 1 aromatic heterocycles. The van der Waals surface area contributed by atoms with Gasteiger partial charge in [-0.2, -0.15) is 0 Å². The van der Waals surface area contributed by atoms with Gasteiger partial charge in [-0.1, -0.05) is 29.8 Å². The number of guanidine groups is 1. The SMILES string of the molecule is CN=C(NCc1ccc(N2CCCC2)nc1)N(C)Cc1cccc(Cl)c1. The maximum atomic E-state index is 6.07. The Labute approximate surface area is 160 Å². The molecular weight excluding hydrogens is 346 g/mol. The number of hydrogen-bond donors (Lipinski definition) is 1. The Morgan fingerprint density at radius 3 is 2.69 bits per heavy atom. The summed E-state index contributed by atoms with van der Waals surface area (Å²) >= 11 is 6.07. The first-order valence-electron chi connectivity index (χ1n) is 9.02. The minimum atomic E-state index is 0.694. The monoisotopic (exact) mass is 371 g/mol. The molecule has 1 saturated heterocycles. The fourth-order valence-electron chi connectivity index (χ4n) is 3.20. The van der Waals surface area contributed by atoms with Crippen molar-refractivity contribution >= 4 is 23.4 Å². The van der Waals surface area contributed by atoms with Crippen molar-refractivity contribution in [2.45, 2.75) is 25.9 Å². The third-order valence-corrected chi connectivity index (χ3v) is 4.81. The Hall–Kier alpha value is -2.27. The first-order valence-corrected chi connectivity index (χ1v) is 9.39. The summed E-state index contributed by atoms with van der Waals surface area (Å²) in [5.74, 6) is 1.92. The highest BCUT2D eigenvalue weighted by Crippen LogP contribution is 2.17. The van der Waals surface area contributed by atoms with Crippen LogP contribution in [0.3, 0.4) is 0 Å². The molecule has 2 aromatic rings. The molecule has 0 saturated carbocycles. The van der Waals surface area contributed by atoms with Gasteiger partial charge in [0.1, 0.15) is 5.82 Å². The zero-order chi connectivity index (χ0) is 18.4. The molecule has 0 unspecified atom stereocenters. The van der Waals surface area contributed by atoms with E-state index in [2.05, 4.69) is 43.3 Å². The van der Waals surface area contributed by atoms with Gasteiger partial charge in [0.05, 0.1) is 0 Å². The lowest BCUT2D eigenvalue weighted by atomic mass is 10.2. The maximum Gasteiger partial charge on any atom is 0.193 e. The lowest BCUT2D eigenvalue weighted by molar-refractivity contribution is 0.476. The summed E-state index contributed by atoms with van der Waals surface area (Å²) in [6, 6.07) is 12.1. The van der Waals surface area contributed by atoms with Crippen molar-refractivity contribution in [3.63, 3.8) is 0 Å². The van der Waals surface area contributed by atoms with Gasteiger partial charge < -0.3 is 15.1 Å². The molecule has 0 aliphatic carbocycles. The van der Waals surface area contributed by atoms with Crippen molar-refractivity contribution in [1.29, 1.82) is 0 Å². The summed E-state index contributed by atoms with van der Waals surface area (Å²) < 4.78 is 0. The second-order valence-electron chi connectivity index (χ2n) is 6.61. The summed E-state index contributed by atoms with van der Waals surface area (Å²) in [6.07, 6.45) is 4.48. The van der Waals surface area contributed by atoms with Gasteiger partial charge in [0.2, 0.25) is 0 Å². The van der Waals surface area contributed by atoms with E-state index in [1.165, 1.54) is 12.8 Å². The first kappa shape index (κ1) is 18.5. The summed E-state index contributed by atoms with van der Waals surface area (Å²) in [5.41, 5.74) is 2.30. The van der Waals surface area contributed by atoms with E-state index >= 15 is 0 Å². The number of nitrogens with one attached hydrogen (secondary N) is 1. The van der Waals surface area contributed by atoms with Gasteiger partial charge in [-0.15, -0.1) is 0 Å². The Morgan fingerprint density at radius 1 is 1.23 bits per heavy atom. The minimum absolute atomic E-state index is 0.694. The standard InChI is InChI=1S/C20H26ClN5/c1-22-20(25(2)15-16-6-5-7-18(21)12-16)24-14-17-8-9-19(23-13-17)26-10-3-4-11-26/h5-9,12-13H,3-4,10-11,14-15H2,1-2H3,(H,22,24). The van der Waals surface area contributed by atoms with Crippen LogP contribution >= 0.6 is 11.6 Å². The topological polar surface area (TPSA) is 43.8 Å². The molecule has 5 nitrogen and oxygen atoms in total. The number of hydrogen-bond acceptors (Lipinski definition) is 3. The highest BCUT2D eigenvalue weighted by atomic mass is 35.5. The number of nitrogens with zero attached hydrogens (tertiary/aromatic N) is 4. The van der Waals surface area contributed by atoms with Gasteiger partial charge >= 0.3 is 0 Å². The molecule has 2 heterocycles.